The van der Waals surface area contributed by atoms with E-state index in [-0.39, 0.29) is 0 Å². The highest BCUT2D eigenvalue weighted by Gasteiger charge is 2.38. The zero-order valence-electron chi connectivity index (χ0n) is 14.6. The molecule has 2 aliphatic heterocycles. The third-order valence-corrected chi connectivity index (χ3v) is 6.04. The first-order chi connectivity index (χ1) is 10.1. The molecule has 0 aromatic carbocycles. The number of hydrogen-bond acceptors (Lipinski definition) is 3. The molecule has 2 rings (SSSR count). The topological polar surface area (TPSA) is 32.5 Å². The van der Waals surface area contributed by atoms with Crippen molar-refractivity contribution in [3.63, 3.8) is 0 Å². The van der Waals surface area contributed by atoms with Crippen molar-refractivity contribution < 1.29 is 0 Å². The van der Waals surface area contributed by atoms with Crippen molar-refractivity contribution in [3.05, 3.63) is 0 Å². The van der Waals surface area contributed by atoms with Crippen molar-refractivity contribution in [2.75, 3.05) is 32.7 Å². The Bertz CT molecular complexity index is 297. The SMILES string of the molecule is CCCC1CCN(C2(CN)CCCN(C(C)C)CC2)CC1. The normalized spacial score (nSPS) is 30.7. The standard InChI is InChI=1S/C18H37N3/c1-4-6-17-7-12-21(13-8-17)18(15-19)9-5-11-20(14-10-18)16(2)3/h16-17H,4-15,19H2,1-3H3. The summed E-state index contributed by atoms with van der Waals surface area (Å²) < 4.78 is 0. The molecule has 2 fully saturated rings. The second-order valence-electron chi connectivity index (χ2n) is 7.63. The molecule has 0 bridgehead atoms. The third kappa shape index (κ3) is 4.20. The Balaban J connectivity index is 1.95. The lowest BCUT2D eigenvalue weighted by molar-refractivity contribution is 0.0408. The summed E-state index contributed by atoms with van der Waals surface area (Å²) in [6, 6.07) is 0.675. The number of rotatable bonds is 5. The number of piperidine rings is 1. The lowest BCUT2D eigenvalue weighted by Crippen LogP contribution is -2.56. The molecule has 124 valence electrons. The van der Waals surface area contributed by atoms with Gasteiger partial charge in [-0.25, -0.2) is 0 Å². The van der Waals surface area contributed by atoms with Gasteiger partial charge in [-0.3, -0.25) is 4.90 Å². The molecule has 0 aromatic heterocycles. The molecule has 0 spiro atoms. The summed E-state index contributed by atoms with van der Waals surface area (Å²) in [7, 11) is 0. The summed E-state index contributed by atoms with van der Waals surface area (Å²) >= 11 is 0. The van der Waals surface area contributed by atoms with Gasteiger partial charge in [0, 0.05) is 24.7 Å². The summed E-state index contributed by atoms with van der Waals surface area (Å²) in [6.45, 7) is 12.9. The van der Waals surface area contributed by atoms with Crippen LogP contribution >= 0.6 is 0 Å². The molecule has 1 atom stereocenters. The largest absolute Gasteiger partial charge is 0.329 e. The van der Waals surface area contributed by atoms with Crippen molar-refractivity contribution in [1.82, 2.24) is 9.80 Å². The first-order valence-electron chi connectivity index (χ1n) is 9.30. The van der Waals surface area contributed by atoms with Gasteiger partial charge in [0.25, 0.3) is 0 Å². The van der Waals surface area contributed by atoms with Crippen LogP contribution in [0.4, 0.5) is 0 Å². The molecule has 2 saturated heterocycles. The summed E-state index contributed by atoms with van der Waals surface area (Å²) in [4.78, 5) is 5.41. The van der Waals surface area contributed by atoms with E-state index in [0.717, 1.165) is 12.5 Å². The van der Waals surface area contributed by atoms with Gasteiger partial charge in [-0.2, -0.15) is 0 Å². The van der Waals surface area contributed by atoms with Crippen molar-refractivity contribution in [3.8, 4) is 0 Å². The summed E-state index contributed by atoms with van der Waals surface area (Å²) in [5, 5.41) is 0. The van der Waals surface area contributed by atoms with Crippen molar-refractivity contribution >= 4 is 0 Å². The van der Waals surface area contributed by atoms with Crippen LogP contribution in [0.15, 0.2) is 0 Å². The van der Waals surface area contributed by atoms with Gasteiger partial charge in [0.1, 0.15) is 0 Å². The fourth-order valence-corrected chi connectivity index (χ4v) is 4.47. The van der Waals surface area contributed by atoms with E-state index in [1.807, 2.05) is 0 Å². The quantitative estimate of drug-likeness (QED) is 0.846. The molecule has 2 aliphatic rings. The first kappa shape index (κ1) is 17.2. The number of nitrogens with two attached hydrogens (primary N) is 1. The highest BCUT2D eigenvalue weighted by atomic mass is 15.2. The highest BCUT2D eigenvalue weighted by Crippen LogP contribution is 2.33. The van der Waals surface area contributed by atoms with Gasteiger partial charge in [-0.15, -0.1) is 0 Å². The lowest BCUT2D eigenvalue weighted by Gasteiger charge is -2.46. The van der Waals surface area contributed by atoms with Gasteiger partial charge in [0.2, 0.25) is 0 Å². The Labute approximate surface area is 132 Å². The van der Waals surface area contributed by atoms with Crippen LogP contribution in [0, 0.1) is 5.92 Å². The van der Waals surface area contributed by atoms with Crippen LogP contribution in [0.2, 0.25) is 0 Å². The molecule has 0 radical (unpaired) electrons. The minimum atomic E-state index is 0.292. The molecular weight excluding hydrogens is 258 g/mol. The molecule has 2 N–H and O–H groups in total. The van der Waals surface area contributed by atoms with Crippen molar-refractivity contribution in [2.24, 2.45) is 11.7 Å². The van der Waals surface area contributed by atoms with Gasteiger partial charge in [0.15, 0.2) is 0 Å². The predicted molar refractivity (Wildman–Crippen MR) is 91.6 cm³/mol. The molecule has 3 nitrogen and oxygen atoms in total. The number of hydrogen-bond donors (Lipinski definition) is 1. The predicted octanol–water partition coefficient (Wildman–Crippen LogP) is 3.09. The molecule has 0 aromatic rings. The summed E-state index contributed by atoms with van der Waals surface area (Å²) in [5.41, 5.74) is 6.59. The van der Waals surface area contributed by atoms with E-state index in [9.17, 15) is 0 Å². The van der Waals surface area contributed by atoms with Crippen LogP contribution in [0.1, 0.15) is 65.7 Å². The van der Waals surface area contributed by atoms with E-state index in [2.05, 4.69) is 30.6 Å². The molecule has 2 heterocycles. The van der Waals surface area contributed by atoms with Crippen molar-refractivity contribution in [1.29, 1.82) is 0 Å². The monoisotopic (exact) mass is 295 g/mol. The Morgan fingerprint density at radius 3 is 2.38 bits per heavy atom. The van der Waals surface area contributed by atoms with E-state index in [1.165, 1.54) is 71.1 Å². The van der Waals surface area contributed by atoms with Crippen LogP contribution < -0.4 is 5.73 Å². The van der Waals surface area contributed by atoms with E-state index in [4.69, 9.17) is 5.73 Å². The molecule has 0 saturated carbocycles. The van der Waals surface area contributed by atoms with E-state index in [0.29, 0.717) is 11.6 Å². The fourth-order valence-electron chi connectivity index (χ4n) is 4.47. The second-order valence-corrected chi connectivity index (χ2v) is 7.63. The molecule has 3 heteroatoms. The maximum Gasteiger partial charge on any atom is 0.0344 e. The smallest absolute Gasteiger partial charge is 0.0344 e. The van der Waals surface area contributed by atoms with Gasteiger partial charge < -0.3 is 10.6 Å². The van der Waals surface area contributed by atoms with Gasteiger partial charge >= 0.3 is 0 Å². The van der Waals surface area contributed by atoms with E-state index in [1.54, 1.807) is 0 Å². The molecule has 1 unspecified atom stereocenters. The maximum absolute atomic E-state index is 6.29. The summed E-state index contributed by atoms with van der Waals surface area (Å²) in [6.07, 6.45) is 9.42. The molecule has 21 heavy (non-hydrogen) atoms. The van der Waals surface area contributed by atoms with E-state index < -0.39 is 0 Å². The van der Waals surface area contributed by atoms with Gasteiger partial charge in [-0.1, -0.05) is 19.8 Å². The fraction of sp³-hybridized carbons (Fsp3) is 1.00. The minimum absolute atomic E-state index is 0.292. The average Bonchev–Trinajstić information content (AvgIpc) is 2.72. The van der Waals surface area contributed by atoms with Crippen LogP contribution in [-0.4, -0.2) is 54.1 Å². The highest BCUT2D eigenvalue weighted by molar-refractivity contribution is 4.96. The maximum atomic E-state index is 6.29. The molecule has 0 amide bonds. The molecular formula is C18H37N3. The van der Waals surface area contributed by atoms with Crippen LogP contribution in [0.3, 0.4) is 0 Å². The minimum Gasteiger partial charge on any atom is -0.329 e. The van der Waals surface area contributed by atoms with Crippen molar-refractivity contribution in [2.45, 2.75) is 77.3 Å². The van der Waals surface area contributed by atoms with Gasteiger partial charge in [-0.05, 0) is 71.5 Å². The molecule has 0 aliphatic carbocycles. The van der Waals surface area contributed by atoms with Crippen LogP contribution in [0.5, 0.6) is 0 Å². The Morgan fingerprint density at radius 2 is 1.81 bits per heavy atom. The second kappa shape index (κ2) is 7.94. The lowest BCUT2D eigenvalue weighted by atomic mass is 9.84. The van der Waals surface area contributed by atoms with Crippen LogP contribution in [-0.2, 0) is 0 Å². The zero-order valence-corrected chi connectivity index (χ0v) is 14.6. The Morgan fingerprint density at radius 1 is 1.10 bits per heavy atom. The number of likely N-dealkylation sites (tertiary alicyclic amines) is 2. The van der Waals surface area contributed by atoms with Crippen LogP contribution in [0.25, 0.3) is 0 Å². The zero-order chi connectivity index (χ0) is 15.3. The Kier molecular flexibility index (Phi) is 6.51. The van der Waals surface area contributed by atoms with Gasteiger partial charge in [0.05, 0.1) is 0 Å². The van der Waals surface area contributed by atoms with E-state index >= 15 is 0 Å². The summed E-state index contributed by atoms with van der Waals surface area (Å²) in [5.74, 6) is 0.971. The Hall–Kier alpha value is -0.120. The average molecular weight is 296 g/mol. The first-order valence-corrected chi connectivity index (χ1v) is 9.30. The third-order valence-electron chi connectivity index (χ3n) is 6.04. The number of nitrogens with zero attached hydrogens (tertiary/aromatic N) is 2.